The molecule has 2 heterocycles. The molecule has 1 aliphatic rings. The average Bonchev–Trinajstić information content (AvgIpc) is 3.17. The van der Waals surface area contributed by atoms with Crippen molar-refractivity contribution in [2.24, 2.45) is 7.05 Å². The van der Waals surface area contributed by atoms with Crippen LogP contribution in [0.15, 0.2) is 55.0 Å². The van der Waals surface area contributed by atoms with Crippen molar-refractivity contribution < 1.29 is 14.3 Å². The first kappa shape index (κ1) is 18.1. The van der Waals surface area contributed by atoms with Crippen LogP contribution >= 0.6 is 0 Å². The highest BCUT2D eigenvalue weighted by Gasteiger charge is 2.21. The lowest BCUT2D eigenvalue weighted by Gasteiger charge is -2.27. The molecule has 0 spiro atoms. The lowest BCUT2D eigenvalue weighted by Crippen LogP contribution is -2.29. The number of aryl methyl sites for hydroxylation is 1. The SMILES string of the molecule is C[C@H](c1ccc2c(c1)OCCO2)N(C)C(=O)c1cccc(-c2cncn2C)c1. The van der Waals surface area contributed by atoms with Gasteiger partial charge >= 0.3 is 0 Å². The molecule has 0 bridgehead atoms. The molecule has 1 atom stereocenters. The van der Waals surface area contributed by atoms with E-state index in [0.29, 0.717) is 18.8 Å². The number of nitrogens with zero attached hydrogens (tertiary/aromatic N) is 3. The van der Waals surface area contributed by atoms with Crippen LogP contribution in [0.4, 0.5) is 0 Å². The normalized spacial score (nSPS) is 13.8. The van der Waals surface area contributed by atoms with E-state index in [1.54, 1.807) is 17.4 Å². The summed E-state index contributed by atoms with van der Waals surface area (Å²) in [5.74, 6) is 1.45. The van der Waals surface area contributed by atoms with Crippen molar-refractivity contribution in [1.82, 2.24) is 14.5 Å². The number of carbonyl (C=O) groups excluding carboxylic acids is 1. The third-order valence-corrected chi connectivity index (χ3v) is 5.17. The lowest BCUT2D eigenvalue weighted by molar-refractivity contribution is 0.0742. The highest BCUT2D eigenvalue weighted by Crippen LogP contribution is 2.34. The minimum atomic E-state index is -0.108. The van der Waals surface area contributed by atoms with E-state index >= 15 is 0 Å². The van der Waals surface area contributed by atoms with E-state index < -0.39 is 0 Å². The number of benzene rings is 2. The van der Waals surface area contributed by atoms with Gasteiger partial charge in [0.25, 0.3) is 5.91 Å². The maximum atomic E-state index is 13.1. The predicted octanol–water partition coefficient (Wildman–Crippen LogP) is 3.69. The number of aromatic nitrogens is 2. The molecule has 0 aliphatic carbocycles. The third-order valence-electron chi connectivity index (χ3n) is 5.17. The van der Waals surface area contributed by atoms with Crippen LogP contribution in [0.5, 0.6) is 11.5 Å². The van der Waals surface area contributed by atoms with Gasteiger partial charge < -0.3 is 18.9 Å². The van der Waals surface area contributed by atoms with Gasteiger partial charge in [-0.25, -0.2) is 4.98 Å². The number of imidazole rings is 1. The van der Waals surface area contributed by atoms with E-state index in [1.165, 1.54) is 0 Å². The van der Waals surface area contributed by atoms with Crippen molar-refractivity contribution in [3.8, 4) is 22.8 Å². The molecule has 0 saturated carbocycles. The maximum Gasteiger partial charge on any atom is 0.254 e. The topological polar surface area (TPSA) is 56.6 Å². The number of carbonyl (C=O) groups is 1. The highest BCUT2D eigenvalue weighted by atomic mass is 16.6. The zero-order valence-corrected chi connectivity index (χ0v) is 16.3. The van der Waals surface area contributed by atoms with Gasteiger partial charge in [-0.2, -0.15) is 0 Å². The quantitative estimate of drug-likeness (QED) is 0.696. The third kappa shape index (κ3) is 3.33. The first-order chi connectivity index (χ1) is 13.5. The number of hydrogen-bond acceptors (Lipinski definition) is 4. The van der Waals surface area contributed by atoms with Crippen LogP contribution in [0, 0.1) is 0 Å². The molecule has 144 valence electrons. The Morgan fingerprint density at radius 1 is 1.14 bits per heavy atom. The van der Waals surface area contributed by atoms with Crippen molar-refractivity contribution in [2.75, 3.05) is 20.3 Å². The van der Waals surface area contributed by atoms with Crippen molar-refractivity contribution in [3.05, 3.63) is 66.1 Å². The average molecular weight is 377 g/mol. The second-order valence-corrected chi connectivity index (χ2v) is 6.97. The summed E-state index contributed by atoms with van der Waals surface area (Å²) in [7, 11) is 3.76. The van der Waals surface area contributed by atoms with Crippen molar-refractivity contribution in [3.63, 3.8) is 0 Å². The van der Waals surface area contributed by atoms with Crippen LogP contribution in [0.1, 0.15) is 28.9 Å². The number of hydrogen-bond donors (Lipinski definition) is 0. The highest BCUT2D eigenvalue weighted by molar-refractivity contribution is 5.95. The Hall–Kier alpha value is -3.28. The summed E-state index contributed by atoms with van der Waals surface area (Å²) in [6.45, 7) is 3.11. The molecule has 4 rings (SSSR count). The molecule has 0 fully saturated rings. The molecule has 6 nitrogen and oxygen atoms in total. The van der Waals surface area contributed by atoms with E-state index in [0.717, 1.165) is 28.3 Å². The summed E-state index contributed by atoms with van der Waals surface area (Å²) in [5, 5.41) is 0. The van der Waals surface area contributed by atoms with Gasteiger partial charge in [-0.05, 0) is 36.8 Å². The summed E-state index contributed by atoms with van der Waals surface area (Å²) in [5.41, 5.74) is 3.58. The van der Waals surface area contributed by atoms with Gasteiger partial charge in [0.05, 0.1) is 24.3 Å². The van der Waals surface area contributed by atoms with Crippen molar-refractivity contribution >= 4 is 5.91 Å². The minimum Gasteiger partial charge on any atom is -0.486 e. The summed E-state index contributed by atoms with van der Waals surface area (Å²) in [6.07, 6.45) is 3.55. The zero-order valence-electron chi connectivity index (χ0n) is 16.3. The molecular weight excluding hydrogens is 354 g/mol. The van der Waals surface area contributed by atoms with Crippen LogP contribution in [-0.2, 0) is 7.05 Å². The predicted molar refractivity (Wildman–Crippen MR) is 107 cm³/mol. The first-order valence-electron chi connectivity index (χ1n) is 9.28. The molecule has 2 aromatic carbocycles. The van der Waals surface area contributed by atoms with E-state index in [2.05, 4.69) is 4.98 Å². The second-order valence-electron chi connectivity index (χ2n) is 6.97. The fourth-order valence-electron chi connectivity index (χ4n) is 3.37. The molecular formula is C22H23N3O3. The molecule has 3 aromatic rings. The molecule has 1 amide bonds. The Balaban J connectivity index is 1.57. The van der Waals surface area contributed by atoms with Gasteiger partial charge in [0.2, 0.25) is 0 Å². The molecule has 1 aromatic heterocycles. The van der Waals surface area contributed by atoms with Crippen molar-refractivity contribution in [1.29, 1.82) is 0 Å². The van der Waals surface area contributed by atoms with Crippen LogP contribution in [0.3, 0.4) is 0 Å². The lowest BCUT2D eigenvalue weighted by atomic mass is 10.0. The van der Waals surface area contributed by atoms with Crippen LogP contribution in [-0.4, -0.2) is 40.6 Å². The number of amides is 1. The minimum absolute atomic E-state index is 0.0357. The molecule has 0 N–H and O–H groups in total. The van der Waals surface area contributed by atoms with Crippen LogP contribution < -0.4 is 9.47 Å². The molecule has 0 saturated heterocycles. The molecule has 1 aliphatic heterocycles. The maximum absolute atomic E-state index is 13.1. The van der Waals surface area contributed by atoms with E-state index in [-0.39, 0.29) is 11.9 Å². The molecule has 0 unspecified atom stereocenters. The monoisotopic (exact) mass is 377 g/mol. The van der Waals surface area contributed by atoms with Crippen LogP contribution in [0.25, 0.3) is 11.3 Å². The Labute approximate surface area is 164 Å². The van der Waals surface area contributed by atoms with Gasteiger partial charge in [-0.3, -0.25) is 4.79 Å². The van der Waals surface area contributed by atoms with Gasteiger partial charge in [0.15, 0.2) is 11.5 Å². The Morgan fingerprint density at radius 2 is 1.93 bits per heavy atom. The molecule has 0 radical (unpaired) electrons. The van der Waals surface area contributed by atoms with E-state index in [1.807, 2.05) is 68.1 Å². The number of ether oxygens (including phenoxy) is 2. The summed E-state index contributed by atoms with van der Waals surface area (Å²) in [6, 6.07) is 13.4. The Bertz CT molecular complexity index is 1010. The van der Waals surface area contributed by atoms with Gasteiger partial charge in [0, 0.05) is 25.2 Å². The Kier molecular flexibility index (Phi) is 4.77. The standard InChI is InChI=1S/C22H23N3O3/c1-15(16-7-8-20-21(12-16)28-10-9-27-20)25(3)22(26)18-6-4-5-17(11-18)19-13-23-14-24(19)2/h4-8,11-15H,9-10H2,1-3H3/t15-/m1/s1. The smallest absolute Gasteiger partial charge is 0.254 e. The summed E-state index contributed by atoms with van der Waals surface area (Å²) >= 11 is 0. The zero-order chi connectivity index (χ0) is 19.7. The summed E-state index contributed by atoms with van der Waals surface area (Å²) in [4.78, 5) is 19.0. The molecule has 6 heteroatoms. The fraction of sp³-hybridized carbons (Fsp3) is 0.273. The second kappa shape index (κ2) is 7.38. The molecule has 28 heavy (non-hydrogen) atoms. The Morgan fingerprint density at radius 3 is 2.68 bits per heavy atom. The van der Waals surface area contributed by atoms with Gasteiger partial charge in [-0.15, -0.1) is 0 Å². The van der Waals surface area contributed by atoms with Gasteiger partial charge in [0.1, 0.15) is 13.2 Å². The fourth-order valence-corrected chi connectivity index (χ4v) is 3.37. The van der Waals surface area contributed by atoms with E-state index in [4.69, 9.17) is 9.47 Å². The van der Waals surface area contributed by atoms with Crippen molar-refractivity contribution in [2.45, 2.75) is 13.0 Å². The summed E-state index contributed by atoms with van der Waals surface area (Å²) < 4.78 is 13.2. The van der Waals surface area contributed by atoms with Crippen LogP contribution in [0.2, 0.25) is 0 Å². The first-order valence-corrected chi connectivity index (χ1v) is 9.28. The van der Waals surface area contributed by atoms with E-state index in [9.17, 15) is 4.79 Å². The number of fused-ring (bicyclic) bond motifs is 1. The van der Waals surface area contributed by atoms with Gasteiger partial charge in [-0.1, -0.05) is 18.2 Å². The largest absolute Gasteiger partial charge is 0.486 e. The number of rotatable bonds is 4.